The lowest BCUT2D eigenvalue weighted by Crippen LogP contribution is -2.36. The van der Waals surface area contributed by atoms with Gasteiger partial charge in [0, 0.05) is 6.04 Å². The van der Waals surface area contributed by atoms with Crippen molar-refractivity contribution < 1.29 is 0 Å². The summed E-state index contributed by atoms with van der Waals surface area (Å²) in [5.74, 6) is 0. The molecule has 0 atom stereocenters. The van der Waals surface area contributed by atoms with E-state index in [1.807, 2.05) is 13.8 Å². The Balaban J connectivity index is 3.42. The second kappa shape index (κ2) is 4.10. The van der Waals surface area contributed by atoms with Gasteiger partial charge in [-0.25, -0.2) is 0 Å². The number of nitrogens with one attached hydrogen (secondary N) is 2. The molecule has 3 nitrogen and oxygen atoms in total. The number of nitrogens with zero attached hydrogens (tertiary/aromatic N) is 1. The summed E-state index contributed by atoms with van der Waals surface area (Å²) in [6, 6.07) is 0.276. The van der Waals surface area contributed by atoms with Crippen LogP contribution in [0.1, 0.15) is 13.8 Å². The monoisotopic (exact) mass is 143 g/mol. The molecule has 0 aromatic heterocycles. The molecule has 0 aliphatic rings. The molecule has 0 rings (SSSR count). The molecule has 50 valence electrons. The van der Waals surface area contributed by atoms with Crippen LogP contribution in [0.25, 0.3) is 0 Å². The first-order chi connectivity index (χ1) is 4.16. The van der Waals surface area contributed by atoms with E-state index in [2.05, 4.69) is 22.9 Å². The van der Waals surface area contributed by atoms with Crippen LogP contribution in [-0.4, -0.2) is 11.2 Å². The molecule has 4 heteroatoms. The number of hydrogen-bond donors (Lipinski definition) is 2. The van der Waals surface area contributed by atoms with Gasteiger partial charge in [0.05, 0.1) is 0 Å². The maximum atomic E-state index is 8.06. The van der Waals surface area contributed by atoms with Crippen molar-refractivity contribution in [3.05, 3.63) is 0 Å². The Hall–Kier alpha value is -0.820. The normalized spacial score (nSPS) is 8.22. The van der Waals surface area contributed by atoms with Crippen molar-refractivity contribution in [2.45, 2.75) is 19.9 Å². The first-order valence-corrected chi connectivity index (χ1v) is 3.03. The van der Waals surface area contributed by atoms with E-state index in [-0.39, 0.29) is 6.04 Å². The predicted octanol–water partition coefficient (Wildman–Crippen LogP) is 0.340. The van der Waals surface area contributed by atoms with Gasteiger partial charge in [-0.1, -0.05) is 0 Å². The van der Waals surface area contributed by atoms with Gasteiger partial charge in [0.1, 0.15) is 0 Å². The Bertz CT molecular complexity index is 136. The fourth-order valence-corrected chi connectivity index (χ4v) is 0.630. The van der Waals surface area contributed by atoms with E-state index in [1.54, 1.807) is 6.19 Å². The Morgan fingerprint density at radius 3 is 2.56 bits per heavy atom. The van der Waals surface area contributed by atoms with Crippen molar-refractivity contribution in [2.75, 3.05) is 0 Å². The molecule has 0 spiro atoms. The number of thiocarbonyl (C=S) groups is 1. The molecule has 0 aliphatic heterocycles. The largest absolute Gasteiger partial charge is 0.360 e. The van der Waals surface area contributed by atoms with Crippen LogP contribution in [-0.2, 0) is 0 Å². The van der Waals surface area contributed by atoms with E-state index < -0.39 is 0 Å². The van der Waals surface area contributed by atoms with Crippen molar-refractivity contribution >= 4 is 17.3 Å². The maximum Gasteiger partial charge on any atom is 0.183 e. The summed E-state index contributed by atoms with van der Waals surface area (Å²) >= 11 is 4.68. The first kappa shape index (κ1) is 8.18. The first-order valence-electron chi connectivity index (χ1n) is 2.62. The minimum absolute atomic E-state index is 0.276. The molecular weight excluding hydrogens is 134 g/mol. The summed E-state index contributed by atoms with van der Waals surface area (Å²) in [6.45, 7) is 3.90. The van der Waals surface area contributed by atoms with Crippen LogP contribution in [0, 0.1) is 11.5 Å². The SMILES string of the molecule is CC(C)NC(=S)NC#N. The van der Waals surface area contributed by atoms with Crippen molar-refractivity contribution in [1.29, 1.82) is 5.26 Å². The van der Waals surface area contributed by atoms with Crippen LogP contribution in [0.2, 0.25) is 0 Å². The molecule has 0 unspecified atom stereocenters. The predicted molar refractivity (Wildman–Crippen MR) is 39.6 cm³/mol. The smallest absolute Gasteiger partial charge is 0.183 e. The Kier molecular flexibility index (Phi) is 3.72. The average molecular weight is 143 g/mol. The van der Waals surface area contributed by atoms with Gasteiger partial charge >= 0.3 is 0 Å². The van der Waals surface area contributed by atoms with Crippen molar-refractivity contribution in [3.63, 3.8) is 0 Å². The van der Waals surface area contributed by atoms with E-state index in [1.165, 1.54) is 0 Å². The van der Waals surface area contributed by atoms with Gasteiger partial charge in [-0.05, 0) is 26.1 Å². The van der Waals surface area contributed by atoms with Gasteiger partial charge in [-0.2, -0.15) is 5.26 Å². The summed E-state index contributed by atoms with van der Waals surface area (Å²) in [6.07, 6.45) is 1.72. The van der Waals surface area contributed by atoms with E-state index in [4.69, 9.17) is 5.26 Å². The fraction of sp³-hybridized carbons (Fsp3) is 0.600. The summed E-state index contributed by atoms with van der Waals surface area (Å²) in [5, 5.41) is 13.6. The average Bonchev–Trinajstić information content (AvgIpc) is 1.63. The van der Waals surface area contributed by atoms with Crippen LogP contribution in [0.3, 0.4) is 0 Å². The van der Waals surface area contributed by atoms with Gasteiger partial charge in [-0.15, -0.1) is 0 Å². The zero-order chi connectivity index (χ0) is 7.28. The molecular formula is C5H9N3S. The molecule has 0 aromatic rings. The number of rotatable bonds is 1. The quantitative estimate of drug-likeness (QED) is 0.316. The molecule has 9 heavy (non-hydrogen) atoms. The molecule has 0 saturated heterocycles. The highest BCUT2D eigenvalue weighted by Crippen LogP contribution is 1.74. The summed E-state index contributed by atoms with van der Waals surface area (Å²) in [5.41, 5.74) is 0. The van der Waals surface area contributed by atoms with E-state index >= 15 is 0 Å². The molecule has 0 fully saturated rings. The molecule has 0 aromatic carbocycles. The number of nitriles is 1. The van der Waals surface area contributed by atoms with E-state index in [0.29, 0.717) is 5.11 Å². The summed E-state index contributed by atoms with van der Waals surface area (Å²) in [4.78, 5) is 0. The van der Waals surface area contributed by atoms with Gasteiger partial charge in [-0.3, -0.25) is 5.32 Å². The lowest BCUT2D eigenvalue weighted by Gasteiger charge is -2.07. The molecule has 0 aliphatic carbocycles. The second-order valence-electron chi connectivity index (χ2n) is 1.86. The minimum Gasteiger partial charge on any atom is -0.360 e. The zero-order valence-corrected chi connectivity index (χ0v) is 6.25. The third kappa shape index (κ3) is 5.04. The molecule has 2 N–H and O–H groups in total. The van der Waals surface area contributed by atoms with Gasteiger partial charge in [0.2, 0.25) is 0 Å². The number of hydrogen-bond acceptors (Lipinski definition) is 2. The minimum atomic E-state index is 0.276. The summed E-state index contributed by atoms with van der Waals surface area (Å²) < 4.78 is 0. The van der Waals surface area contributed by atoms with Crippen molar-refractivity contribution in [3.8, 4) is 6.19 Å². The molecule has 0 heterocycles. The topological polar surface area (TPSA) is 47.8 Å². The van der Waals surface area contributed by atoms with Crippen LogP contribution in [0.5, 0.6) is 0 Å². The highest BCUT2D eigenvalue weighted by Gasteiger charge is 1.93. The van der Waals surface area contributed by atoms with E-state index in [0.717, 1.165) is 0 Å². The lowest BCUT2D eigenvalue weighted by molar-refractivity contribution is 0.729. The highest BCUT2D eigenvalue weighted by atomic mass is 32.1. The molecule has 0 bridgehead atoms. The van der Waals surface area contributed by atoms with Crippen molar-refractivity contribution in [2.24, 2.45) is 0 Å². The Morgan fingerprint density at radius 1 is 1.67 bits per heavy atom. The molecule has 0 radical (unpaired) electrons. The van der Waals surface area contributed by atoms with E-state index in [9.17, 15) is 0 Å². The Labute approximate surface area is 60.1 Å². The van der Waals surface area contributed by atoms with Gasteiger partial charge in [0.25, 0.3) is 0 Å². The second-order valence-corrected chi connectivity index (χ2v) is 2.27. The standard InChI is InChI=1S/C5H9N3S/c1-4(2)8-5(9)7-3-6/h4H,1-2H3,(H2,7,8,9). The summed E-state index contributed by atoms with van der Waals surface area (Å²) in [7, 11) is 0. The third-order valence-corrected chi connectivity index (χ3v) is 0.809. The Morgan fingerprint density at radius 2 is 2.22 bits per heavy atom. The molecule has 0 amide bonds. The molecule has 0 saturated carbocycles. The fourth-order valence-electron chi connectivity index (χ4n) is 0.349. The zero-order valence-electron chi connectivity index (χ0n) is 5.43. The van der Waals surface area contributed by atoms with Gasteiger partial charge < -0.3 is 5.32 Å². The van der Waals surface area contributed by atoms with Crippen LogP contribution in [0.4, 0.5) is 0 Å². The van der Waals surface area contributed by atoms with Crippen LogP contribution < -0.4 is 10.6 Å². The highest BCUT2D eigenvalue weighted by molar-refractivity contribution is 7.80. The lowest BCUT2D eigenvalue weighted by atomic mass is 10.4. The van der Waals surface area contributed by atoms with Crippen molar-refractivity contribution in [1.82, 2.24) is 10.6 Å². The van der Waals surface area contributed by atoms with Crippen LogP contribution >= 0.6 is 12.2 Å². The van der Waals surface area contributed by atoms with Gasteiger partial charge in [0.15, 0.2) is 11.3 Å². The maximum absolute atomic E-state index is 8.06. The van der Waals surface area contributed by atoms with Crippen LogP contribution in [0.15, 0.2) is 0 Å². The third-order valence-electron chi connectivity index (χ3n) is 0.589.